The van der Waals surface area contributed by atoms with Gasteiger partial charge in [0.1, 0.15) is 6.04 Å². The molecule has 1 unspecified atom stereocenters. The van der Waals surface area contributed by atoms with E-state index in [1.165, 1.54) is 13.8 Å². The number of hydrogen-bond acceptors (Lipinski definition) is 5. The first-order valence-electron chi connectivity index (χ1n) is 4.13. The third-order valence-electron chi connectivity index (χ3n) is 1.22. The fraction of sp³-hybridized carbons (Fsp3) is 0.625. The lowest BCUT2D eigenvalue weighted by Gasteiger charge is -2.09. The van der Waals surface area contributed by atoms with E-state index in [1.54, 1.807) is 6.92 Å². The Hall–Kier alpha value is -1.59. The second-order valence-electron chi connectivity index (χ2n) is 2.53. The molecule has 0 spiro atoms. The van der Waals surface area contributed by atoms with Crippen LogP contribution in [0, 0.1) is 0 Å². The second kappa shape index (κ2) is 5.95. The molecule has 1 amide bonds. The van der Waals surface area contributed by atoms with Gasteiger partial charge in [0.25, 0.3) is 0 Å². The van der Waals surface area contributed by atoms with Gasteiger partial charge in [0, 0.05) is 6.92 Å². The zero-order chi connectivity index (χ0) is 11.1. The Morgan fingerprint density at radius 2 is 1.93 bits per heavy atom. The summed E-state index contributed by atoms with van der Waals surface area (Å²) in [6, 6.07) is -0.864. The highest BCUT2D eigenvalue weighted by molar-refractivity contribution is 5.88. The number of nitrogens with one attached hydrogen (secondary N) is 1. The molecule has 0 aromatic rings. The molecule has 0 aliphatic rings. The van der Waals surface area contributed by atoms with Crippen LogP contribution in [0.5, 0.6) is 0 Å². The molecule has 0 aliphatic heterocycles. The van der Waals surface area contributed by atoms with Gasteiger partial charge in [0.2, 0.25) is 5.91 Å². The average molecular weight is 203 g/mol. The van der Waals surface area contributed by atoms with Crippen molar-refractivity contribution in [2.45, 2.75) is 26.8 Å². The molecule has 1 atom stereocenters. The van der Waals surface area contributed by atoms with Gasteiger partial charge in [-0.2, -0.15) is 0 Å². The molecule has 0 radical (unpaired) electrons. The maximum Gasteiger partial charge on any atom is 0.516 e. The summed E-state index contributed by atoms with van der Waals surface area (Å²) in [5.74, 6) is -1.23. The molecule has 0 fully saturated rings. The first-order valence-corrected chi connectivity index (χ1v) is 4.13. The van der Waals surface area contributed by atoms with Crippen molar-refractivity contribution in [3.05, 3.63) is 0 Å². The van der Waals surface area contributed by atoms with Crippen LogP contribution in [0.15, 0.2) is 0 Å². The summed E-state index contributed by atoms with van der Waals surface area (Å²) in [5, 5.41) is 2.27. The normalized spacial score (nSPS) is 11.4. The minimum Gasteiger partial charge on any atom is -0.434 e. The lowest BCUT2D eigenvalue weighted by Crippen LogP contribution is -2.39. The van der Waals surface area contributed by atoms with E-state index in [0.717, 1.165) is 0 Å². The minimum atomic E-state index is -1.06. The topological polar surface area (TPSA) is 81.7 Å². The molecule has 1 N–H and O–H groups in total. The number of esters is 1. The molecule has 6 nitrogen and oxygen atoms in total. The van der Waals surface area contributed by atoms with Crippen molar-refractivity contribution in [1.29, 1.82) is 0 Å². The van der Waals surface area contributed by atoms with E-state index in [1.807, 2.05) is 0 Å². The molecule has 0 heterocycles. The lowest BCUT2D eigenvalue weighted by atomic mass is 10.3. The fourth-order valence-electron chi connectivity index (χ4n) is 0.682. The molecular formula is C8H13NO5. The fourth-order valence-corrected chi connectivity index (χ4v) is 0.682. The van der Waals surface area contributed by atoms with Crippen LogP contribution in [0.25, 0.3) is 0 Å². The van der Waals surface area contributed by atoms with Crippen LogP contribution in [-0.4, -0.2) is 30.7 Å². The van der Waals surface area contributed by atoms with Gasteiger partial charge < -0.3 is 14.8 Å². The number of carbonyl (C=O) groups is 3. The van der Waals surface area contributed by atoms with E-state index < -0.39 is 18.2 Å². The summed E-state index contributed by atoms with van der Waals surface area (Å²) in [7, 11) is 0. The molecule has 0 bridgehead atoms. The van der Waals surface area contributed by atoms with E-state index in [2.05, 4.69) is 14.8 Å². The molecule has 0 aliphatic carbocycles. The Bertz CT molecular complexity index is 238. The van der Waals surface area contributed by atoms with Gasteiger partial charge in [-0.1, -0.05) is 0 Å². The van der Waals surface area contributed by atoms with E-state index in [-0.39, 0.29) is 12.5 Å². The van der Waals surface area contributed by atoms with Crippen molar-refractivity contribution < 1.29 is 23.9 Å². The lowest BCUT2D eigenvalue weighted by molar-refractivity contribution is -0.143. The summed E-state index contributed by atoms with van der Waals surface area (Å²) in [4.78, 5) is 32.2. The van der Waals surface area contributed by atoms with Crippen molar-refractivity contribution in [2.24, 2.45) is 0 Å². The monoisotopic (exact) mass is 203 g/mol. The van der Waals surface area contributed by atoms with Crippen LogP contribution < -0.4 is 5.32 Å². The Labute approximate surface area is 81.6 Å². The van der Waals surface area contributed by atoms with Crippen molar-refractivity contribution in [3.63, 3.8) is 0 Å². The first kappa shape index (κ1) is 12.4. The van der Waals surface area contributed by atoms with Gasteiger partial charge in [-0.15, -0.1) is 0 Å². The summed E-state index contributed by atoms with van der Waals surface area (Å²) in [6.07, 6.45) is -1.06. The van der Waals surface area contributed by atoms with Crippen LogP contribution in [0.2, 0.25) is 0 Å². The predicted octanol–water partition coefficient (Wildman–Crippen LogP) is 0.211. The molecule has 0 rings (SSSR count). The van der Waals surface area contributed by atoms with Gasteiger partial charge in [-0.3, -0.25) is 4.79 Å². The van der Waals surface area contributed by atoms with Gasteiger partial charge in [-0.25, -0.2) is 9.59 Å². The quantitative estimate of drug-likeness (QED) is 0.523. The van der Waals surface area contributed by atoms with Crippen molar-refractivity contribution in [1.82, 2.24) is 5.32 Å². The number of ether oxygens (including phenoxy) is 2. The average Bonchev–Trinajstić information content (AvgIpc) is 2.02. The number of amides is 1. The Morgan fingerprint density at radius 3 is 2.36 bits per heavy atom. The van der Waals surface area contributed by atoms with Crippen molar-refractivity contribution in [3.8, 4) is 0 Å². The maximum absolute atomic E-state index is 11.0. The number of rotatable bonds is 3. The second-order valence-corrected chi connectivity index (χ2v) is 2.53. The van der Waals surface area contributed by atoms with Crippen LogP contribution in [0.1, 0.15) is 20.8 Å². The van der Waals surface area contributed by atoms with E-state index in [9.17, 15) is 14.4 Å². The predicted molar refractivity (Wildman–Crippen MR) is 46.4 cm³/mol. The zero-order valence-corrected chi connectivity index (χ0v) is 8.33. The first-order chi connectivity index (χ1) is 6.47. The zero-order valence-electron chi connectivity index (χ0n) is 8.33. The highest BCUT2D eigenvalue weighted by Gasteiger charge is 2.19. The largest absolute Gasteiger partial charge is 0.516 e. The Morgan fingerprint density at radius 1 is 1.36 bits per heavy atom. The summed E-state index contributed by atoms with van der Waals surface area (Å²) in [5.41, 5.74) is 0. The van der Waals surface area contributed by atoms with Crippen LogP contribution in [-0.2, 0) is 19.1 Å². The van der Waals surface area contributed by atoms with E-state index in [4.69, 9.17) is 0 Å². The van der Waals surface area contributed by atoms with Crippen LogP contribution in [0.3, 0.4) is 0 Å². The molecule has 0 saturated heterocycles. The number of hydrogen-bond donors (Lipinski definition) is 1. The minimum absolute atomic E-state index is 0.126. The van der Waals surface area contributed by atoms with Gasteiger partial charge in [0.15, 0.2) is 0 Å². The molecule has 0 saturated carbocycles. The van der Waals surface area contributed by atoms with Crippen LogP contribution >= 0.6 is 0 Å². The summed E-state index contributed by atoms with van der Waals surface area (Å²) < 4.78 is 8.61. The third-order valence-corrected chi connectivity index (χ3v) is 1.22. The standard InChI is InChI=1S/C8H13NO5/c1-4-13-8(12)14-7(11)5(2)9-6(3)10/h5H,4H2,1-3H3,(H,9,10). The third kappa shape index (κ3) is 5.13. The molecule has 14 heavy (non-hydrogen) atoms. The summed E-state index contributed by atoms with van der Waals surface area (Å²) >= 11 is 0. The molecule has 6 heteroatoms. The molecule has 0 aromatic carbocycles. The summed E-state index contributed by atoms with van der Waals surface area (Å²) in [6.45, 7) is 4.38. The van der Waals surface area contributed by atoms with Crippen molar-refractivity contribution >= 4 is 18.0 Å². The van der Waals surface area contributed by atoms with Gasteiger partial charge in [0.05, 0.1) is 6.61 Å². The highest BCUT2D eigenvalue weighted by Crippen LogP contribution is 1.91. The van der Waals surface area contributed by atoms with Gasteiger partial charge in [-0.05, 0) is 13.8 Å². The molecular weight excluding hydrogens is 190 g/mol. The maximum atomic E-state index is 11.0. The molecule has 80 valence electrons. The highest BCUT2D eigenvalue weighted by atomic mass is 16.7. The smallest absolute Gasteiger partial charge is 0.434 e. The van der Waals surface area contributed by atoms with Crippen LogP contribution in [0.4, 0.5) is 4.79 Å². The van der Waals surface area contributed by atoms with E-state index >= 15 is 0 Å². The Balaban J connectivity index is 3.95. The van der Waals surface area contributed by atoms with Gasteiger partial charge >= 0.3 is 12.1 Å². The van der Waals surface area contributed by atoms with E-state index in [0.29, 0.717) is 0 Å². The molecule has 0 aromatic heterocycles. The Kier molecular flexibility index (Phi) is 5.28. The SMILES string of the molecule is CCOC(=O)OC(=O)C(C)NC(C)=O. The number of carbonyl (C=O) groups excluding carboxylic acids is 3. The van der Waals surface area contributed by atoms with Crippen molar-refractivity contribution in [2.75, 3.05) is 6.61 Å².